The summed E-state index contributed by atoms with van der Waals surface area (Å²) in [5, 5.41) is 3.39. The maximum Gasteiger partial charge on any atom is 0.416 e. The molecule has 3 fully saturated rings. The van der Waals surface area contributed by atoms with Gasteiger partial charge in [-0.25, -0.2) is 0 Å². The molecule has 1 aliphatic carbocycles. The smallest absolute Gasteiger partial charge is 0.299 e. The Morgan fingerprint density at radius 3 is 2.09 bits per heavy atom. The number of carbonyl (C=O) groups is 2. The molecule has 2 atom stereocenters. The van der Waals surface area contributed by atoms with Crippen molar-refractivity contribution in [3.8, 4) is 0 Å². The van der Waals surface area contributed by atoms with Gasteiger partial charge in [-0.15, -0.1) is 0 Å². The van der Waals surface area contributed by atoms with Crippen molar-refractivity contribution in [3.63, 3.8) is 0 Å². The molecule has 2 saturated heterocycles. The molecule has 1 N–H and O–H groups in total. The summed E-state index contributed by atoms with van der Waals surface area (Å²) in [6.45, 7) is 11.1. The quantitative estimate of drug-likeness (QED) is 0.166. The van der Waals surface area contributed by atoms with Gasteiger partial charge in [0.2, 0.25) is 11.8 Å². The molecule has 10 heteroatoms. The zero-order valence-electron chi connectivity index (χ0n) is 25.1. The highest BCUT2D eigenvalue weighted by atomic mass is 127. The SMILES string of the molecule is CC.CC1CC1.O=C1CCC(c2cnc3ccc(C4CCN(Cc5ccc(C(F)(F)F)cc5)CC4)cc3c2)C(=O)N1.PI. The standard InChI is InChI=1S/C27H26F3N3O2.C4H8.C2H6.H2IP/c28-27(29,30)22-4-1-17(2-5-22)16-33-11-9-18(10-12-33)19-3-7-24-20(13-19)14-21(15-31-24)23-6-8-25(34)32-26(23)35;1-4-2-3-4;2*1-2/h1-5,7,13-15,18,23H,6,8-12,16H2,(H,32,34,35);4H,2-3H2,1H3;1-2H3;2H2. The number of hydrogen-bond acceptors (Lipinski definition) is 4. The van der Waals surface area contributed by atoms with E-state index in [-0.39, 0.29) is 17.7 Å². The molecule has 6 rings (SSSR count). The van der Waals surface area contributed by atoms with Crippen LogP contribution < -0.4 is 5.32 Å². The number of imide groups is 1. The summed E-state index contributed by atoms with van der Waals surface area (Å²) >= 11 is 2.07. The van der Waals surface area contributed by atoms with E-state index < -0.39 is 11.7 Å². The first kappa shape index (κ1) is 35.4. The van der Waals surface area contributed by atoms with Gasteiger partial charge in [-0.2, -0.15) is 13.2 Å². The lowest BCUT2D eigenvalue weighted by atomic mass is 9.87. The molecule has 2 amide bonds. The highest BCUT2D eigenvalue weighted by Gasteiger charge is 2.30. The second kappa shape index (κ2) is 16.8. The number of nitrogens with zero attached hydrogens (tertiary/aromatic N) is 2. The maximum atomic E-state index is 12.8. The van der Waals surface area contributed by atoms with Gasteiger partial charge in [-0.05, 0) is 91.2 Å². The number of rotatable bonds is 4. The van der Waals surface area contributed by atoms with Crippen LogP contribution in [0.15, 0.2) is 54.7 Å². The third-order valence-corrected chi connectivity index (χ3v) is 7.98. The molecule has 1 saturated carbocycles. The molecule has 1 aromatic heterocycles. The molecule has 2 aromatic carbocycles. The number of amides is 2. The van der Waals surface area contributed by atoms with Crippen LogP contribution >= 0.6 is 28.9 Å². The number of hydrogen-bond donors (Lipinski definition) is 1. The number of alkyl halides is 3. The minimum atomic E-state index is -4.31. The Kier molecular flexibility index (Phi) is 13.8. The van der Waals surface area contributed by atoms with Crippen molar-refractivity contribution in [2.45, 2.75) is 83.9 Å². The number of piperidine rings is 2. The van der Waals surface area contributed by atoms with Crippen LogP contribution in [0.5, 0.6) is 0 Å². The molecule has 3 aliphatic rings. The van der Waals surface area contributed by atoms with Crippen molar-refractivity contribution in [2.24, 2.45) is 5.92 Å². The van der Waals surface area contributed by atoms with E-state index in [1.54, 1.807) is 18.3 Å². The van der Waals surface area contributed by atoms with E-state index >= 15 is 0 Å². The highest BCUT2D eigenvalue weighted by Crippen LogP contribution is 2.33. The average Bonchev–Trinajstić information content (AvgIpc) is 3.81. The minimum Gasteiger partial charge on any atom is -0.299 e. The van der Waals surface area contributed by atoms with Gasteiger partial charge in [0.25, 0.3) is 0 Å². The number of pyridine rings is 1. The van der Waals surface area contributed by atoms with Crippen LogP contribution in [0.3, 0.4) is 0 Å². The summed E-state index contributed by atoms with van der Waals surface area (Å²) in [6, 6.07) is 13.7. The lowest BCUT2D eigenvalue weighted by molar-refractivity contribution is -0.138. The fourth-order valence-electron chi connectivity index (χ4n) is 5.27. The van der Waals surface area contributed by atoms with Crippen molar-refractivity contribution in [3.05, 3.63) is 77.0 Å². The van der Waals surface area contributed by atoms with Gasteiger partial charge in [0.1, 0.15) is 0 Å². The average molecular weight is 728 g/mol. The molecule has 2 aliphatic heterocycles. The largest absolute Gasteiger partial charge is 0.416 e. The number of halogens is 4. The first-order valence-electron chi connectivity index (χ1n) is 15.0. The molecular weight excluding hydrogens is 685 g/mol. The minimum absolute atomic E-state index is 0.230. The third kappa shape index (κ3) is 10.5. The summed E-state index contributed by atoms with van der Waals surface area (Å²) in [7, 11) is 0. The van der Waals surface area contributed by atoms with Crippen LogP contribution in [-0.2, 0) is 22.3 Å². The van der Waals surface area contributed by atoms with E-state index in [1.807, 2.05) is 26.0 Å². The molecule has 3 heterocycles. The monoisotopic (exact) mass is 727 g/mol. The molecule has 0 radical (unpaired) electrons. The number of carbonyl (C=O) groups excluding carboxylic acids is 2. The van der Waals surface area contributed by atoms with Gasteiger partial charge in [0.05, 0.1) is 17.0 Å². The van der Waals surface area contributed by atoms with Gasteiger partial charge in [0, 0.05) is 24.5 Å². The highest BCUT2D eigenvalue weighted by molar-refractivity contribution is 14.2. The zero-order valence-corrected chi connectivity index (χ0v) is 28.4. The van der Waals surface area contributed by atoms with Crippen molar-refractivity contribution in [1.82, 2.24) is 15.2 Å². The summed E-state index contributed by atoms with van der Waals surface area (Å²) < 4.78 is 38.4. The van der Waals surface area contributed by atoms with Crippen molar-refractivity contribution >= 4 is 51.6 Å². The van der Waals surface area contributed by atoms with Gasteiger partial charge in [-0.3, -0.25) is 24.8 Å². The van der Waals surface area contributed by atoms with Crippen LogP contribution in [0.25, 0.3) is 10.9 Å². The topological polar surface area (TPSA) is 62.3 Å². The summed E-state index contributed by atoms with van der Waals surface area (Å²) in [5.74, 6) is 0.620. The Bertz CT molecular complexity index is 1340. The Balaban J connectivity index is 0.000000565. The Morgan fingerprint density at radius 1 is 0.930 bits per heavy atom. The molecule has 0 spiro atoms. The molecule has 5 nitrogen and oxygen atoms in total. The van der Waals surface area contributed by atoms with Crippen LogP contribution in [0.1, 0.15) is 93.4 Å². The molecule has 234 valence electrons. The second-order valence-corrected chi connectivity index (χ2v) is 11.2. The van der Waals surface area contributed by atoms with E-state index in [2.05, 4.69) is 63.2 Å². The number of likely N-dealkylation sites (tertiary alicyclic amines) is 1. The summed E-state index contributed by atoms with van der Waals surface area (Å²) in [4.78, 5) is 30.5. The molecular formula is C33H42F3IN3O2P. The fraction of sp³-hybridized carbons (Fsp3) is 0.485. The van der Waals surface area contributed by atoms with E-state index in [4.69, 9.17) is 0 Å². The molecule has 43 heavy (non-hydrogen) atoms. The fourth-order valence-corrected chi connectivity index (χ4v) is 5.27. The lowest BCUT2D eigenvalue weighted by Crippen LogP contribution is -2.39. The van der Waals surface area contributed by atoms with E-state index in [9.17, 15) is 22.8 Å². The Labute approximate surface area is 268 Å². The van der Waals surface area contributed by atoms with Gasteiger partial charge in [-0.1, -0.05) is 80.7 Å². The Morgan fingerprint density at radius 2 is 1.53 bits per heavy atom. The second-order valence-electron chi connectivity index (χ2n) is 11.2. The van der Waals surface area contributed by atoms with Gasteiger partial charge in [0.15, 0.2) is 0 Å². The van der Waals surface area contributed by atoms with Gasteiger partial charge < -0.3 is 0 Å². The summed E-state index contributed by atoms with van der Waals surface area (Å²) in [6.07, 6.45) is 3.14. The van der Waals surface area contributed by atoms with Crippen molar-refractivity contribution in [2.75, 3.05) is 13.1 Å². The number of benzene rings is 2. The first-order valence-corrected chi connectivity index (χ1v) is 19.2. The number of aromatic nitrogens is 1. The van der Waals surface area contributed by atoms with Gasteiger partial charge >= 0.3 is 6.18 Å². The predicted molar refractivity (Wildman–Crippen MR) is 179 cm³/mol. The maximum absolute atomic E-state index is 12.8. The normalized spacial score (nSPS) is 19.2. The summed E-state index contributed by atoms with van der Waals surface area (Å²) in [5.41, 5.74) is 3.19. The Hall–Kier alpha value is -2.10. The lowest BCUT2D eigenvalue weighted by Gasteiger charge is -2.32. The van der Waals surface area contributed by atoms with Crippen LogP contribution in [-0.4, -0.2) is 34.8 Å². The first-order chi connectivity index (χ1) is 20.7. The third-order valence-electron chi connectivity index (χ3n) is 7.98. The number of nitrogens with one attached hydrogen (secondary N) is 1. The van der Waals surface area contributed by atoms with E-state index in [0.717, 1.165) is 66.0 Å². The number of fused-ring (bicyclic) bond motifs is 1. The predicted octanol–water partition coefficient (Wildman–Crippen LogP) is 8.81. The van der Waals surface area contributed by atoms with E-state index in [1.165, 1.54) is 18.4 Å². The van der Waals surface area contributed by atoms with Crippen molar-refractivity contribution < 1.29 is 22.8 Å². The molecule has 3 aromatic rings. The zero-order chi connectivity index (χ0) is 31.6. The molecule has 0 bridgehead atoms. The van der Waals surface area contributed by atoms with Crippen LogP contribution in [0.4, 0.5) is 13.2 Å². The van der Waals surface area contributed by atoms with Crippen LogP contribution in [0, 0.1) is 5.92 Å². The molecule has 2 unspecified atom stereocenters. The van der Waals surface area contributed by atoms with Crippen LogP contribution in [0.2, 0.25) is 0 Å². The van der Waals surface area contributed by atoms with Crippen molar-refractivity contribution in [1.29, 1.82) is 0 Å². The van der Waals surface area contributed by atoms with E-state index in [0.29, 0.717) is 25.3 Å².